The number of unbranched alkanes of at least 4 members (excludes halogenated alkanes) is 16. The number of amides is 15. The molecule has 1 aliphatic rings. The molecular weight excluding hydrogens is 1630 g/mol. The van der Waals surface area contributed by atoms with Crippen molar-refractivity contribution < 1.29 is 101 Å². The van der Waals surface area contributed by atoms with E-state index in [1.54, 1.807) is 0 Å². The van der Waals surface area contributed by atoms with E-state index in [2.05, 4.69) is 103 Å². The largest absolute Gasteiger partial charge is 0.396 e. The smallest absolute Gasteiger partial charge is 0.242 e. The first-order valence-corrected chi connectivity index (χ1v) is 44.2. The van der Waals surface area contributed by atoms with Crippen molar-refractivity contribution in [3.63, 3.8) is 0 Å². The highest BCUT2D eigenvalue weighted by Crippen LogP contribution is 2.22. The van der Waals surface area contributed by atoms with Gasteiger partial charge < -0.3 is 126 Å². The maximum absolute atomic E-state index is 12.3. The number of hydrogen-bond acceptors (Lipinski definition) is 27. The molecule has 1 rings (SSSR count). The van der Waals surface area contributed by atoms with Crippen LogP contribution in [0.4, 0.5) is 0 Å². The van der Waals surface area contributed by atoms with Crippen molar-refractivity contribution in [1.82, 2.24) is 74.0 Å². The Morgan fingerprint density at radius 2 is 0.760 bits per heavy atom. The Morgan fingerprint density at radius 1 is 0.416 bits per heavy atom. The maximum Gasteiger partial charge on any atom is 0.242 e. The van der Waals surface area contributed by atoms with E-state index >= 15 is 0 Å². The highest BCUT2D eigenvalue weighted by molar-refractivity contribution is 5.90. The summed E-state index contributed by atoms with van der Waals surface area (Å²) >= 11 is 0. The predicted molar refractivity (Wildman–Crippen MR) is 480 cm³/mol. The minimum atomic E-state index is -0.783. The maximum atomic E-state index is 12.3. The molecule has 0 aromatic carbocycles. The lowest BCUT2D eigenvalue weighted by atomic mass is 9.93. The van der Waals surface area contributed by atoms with Crippen LogP contribution in [-0.2, 0) is 91.2 Å². The van der Waals surface area contributed by atoms with Crippen LogP contribution in [-0.4, -0.2) is 266 Å². The van der Waals surface area contributed by atoms with Gasteiger partial charge in [0.15, 0.2) is 0 Å². The van der Waals surface area contributed by atoms with Crippen LogP contribution in [0, 0.1) is 5.92 Å². The number of nitrogens with two attached hydrogens (primary N) is 6. The summed E-state index contributed by atoms with van der Waals surface area (Å²) in [5, 5.41) is 54.0. The van der Waals surface area contributed by atoms with Crippen LogP contribution in [0.2, 0.25) is 0 Å². The molecule has 0 aliphatic carbocycles. The van der Waals surface area contributed by atoms with Gasteiger partial charge in [-0.25, -0.2) is 11.8 Å². The Kier molecular flexibility index (Phi) is 93.7. The number of hydrogen-bond donors (Lipinski definition) is 21. The lowest BCUT2D eigenvalue weighted by Gasteiger charge is -2.32. The first kappa shape index (κ1) is 127. The van der Waals surface area contributed by atoms with Gasteiger partial charge in [0.05, 0.1) is 44.7 Å². The Hall–Kier alpha value is -9.17. The van der Waals surface area contributed by atoms with E-state index in [1.807, 2.05) is 6.92 Å². The van der Waals surface area contributed by atoms with Crippen molar-refractivity contribution in [3.05, 3.63) is 0 Å². The highest BCUT2D eigenvalue weighted by Gasteiger charge is 2.25. The number of primary amides is 1. The molecule has 27 N–H and O–H groups in total. The van der Waals surface area contributed by atoms with Crippen molar-refractivity contribution in [2.75, 3.05) is 113 Å². The number of aliphatic hydroxyl groups is 2. The van der Waals surface area contributed by atoms with Crippen LogP contribution in [0.25, 0.3) is 0 Å². The van der Waals surface area contributed by atoms with Crippen LogP contribution in [0.5, 0.6) is 0 Å². The first-order valence-electron chi connectivity index (χ1n) is 44.2. The molecule has 125 heavy (non-hydrogen) atoms. The normalized spacial score (nSPS) is 12.4. The van der Waals surface area contributed by atoms with E-state index in [-0.39, 0.29) is 167 Å². The van der Waals surface area contributed by atoms with E-state index in [4.69, 9.17) is 49.8 Å². The van der Waals surface area contributed by atoms with Crippen LogP contribution in [0.3, 0.4) is 0 Å². The van der Waals surface area contributed by atoms with Crippen LogP contribution < -0.4 is 104 Å². The van der Waals surface area contributed by atoms with Gasteiger partial charge in [0.1, 0.15) is 37.1 Å². The number of likely N-dealkylation sites (tertiary alicyclic amines) is 1. The zero-order valence-corrected chi connectivity index (χ0v) is 77.1. The number of piperidine rings is 1. The number of oxime groups is 1. The molecule has 1 aliphatic heterocycles. The Balaban J connectivity index is -0.000000343. The number of carbonyl (C=O) groups excluding carboxylic acids is 16. The summed E-state index contributed by atoms with van der Waals surface area (Å²) in [6, 6.07) is -2.91. The average Bonchev–Trinajstić information content (AvgIpc) is 1.04. The van der Waals surface area contributed by atoms with E-state index in [0.717, 1.165) is 103 Å². The molecule has 1 heterocycles. The van der Waals surface area contributed by atoms with Gasteiger partial charge in [-0.05, 0) is 95.8 Å². The second-order valence-electron chi connectivity index (χ2n) is 29.5. The van der Waals surface area contributed by atoms with Gasteiger partial charge in [0, 0.05) is 153 Å². The van der Waals surface area contributed by atoms with Crippen molar-refractivity contribution >= 4 is 101 Å². The Bertz CT molecular complexity index is 2880. The second-order valence-corrected chi connectivity index (χ2v) is 29.5. The summed E-state index contributed by atoms with van der Waals surface area (Å²) in [4.78, 5) is 195. The second kappa shape index (κ2) is 92.5. The fourth-order valence-electron chi connectivity index (χ4n) is 11.1. The number of aliphatic hydroxyl groups excluding tert-OH is 2. The molecule has 0 saturated carbocycles. The molecule has 0 spiro atoms. The Labute approximate surface area is 742 Å². The summed E-state index contributed by atoms with van der Waals surface area (Å²) in [5.41, 5.74) is 20.0. The molecule has 42 nitrogen and oxygen atoms in total. The van der Waals surface area contributed by atoms with Gasteiger partial charge in [-0.3, -0.25) is 71.9 Å². The zero-order chi connectivity index (χ0) is 95.7. The zero-order valence-electron chi connectivity index (χ0n) is 77.1. The number of rotatable bonds is 63. The number of likely N-dealkylation sites (N-methyl/N-ethyl adjacent to an activating group) is 4. The van der Waals surface area contributed by atoms with Crippen molar-refractivity contribution in [2.45, 2.75) is 310 Å². The molecule has 1 saturated heterocycles. The average molecular weight is 1790 g/mol. The molecule has 0 bridgehead atoms. The van der Waals surface area contributed by atoms with Crippen LogP contribution in [0.1, 0.15) is 273 Å². The summed E-state index contributed by atoms with van der Waals surface area (Å²) in [5.74, 6) is 7.10. The van der Waals surface area contributed by atoms with Crippen molar-refractivity contribution in [3.8, 4) is 0 Å². The first-order chi connectivity index (χ1) is 59.7. The number of carbonyl (C=O) groups is 16. The third-order valence-corrected chi connectivity index (χ3v) is 18.3. The molecule has 15 amide bonds. The fraction of sp³-hybridized carbons (Fsp3) is 0.795. The van der Waals surface area contributed by atoms with Gasteiger partial charge in [0.25, 0.3) is 0 Å². The molecule has 728 valence electrons. The van der Waals surface area contributed by atoms with Gasteiger partial charge >= 0.3 is 0 Å². The molecule has 5 atom stereocenters. The lowest BCUT2D eigenvalue weighted by Crippen LogP contribution is -2.45. The standard InChI is InChI=1S/C23H46N2O2.C19H35N5O5.C11H22N4O4.C10H17N3O4.C9H20N2O2.C8H15N3O3.C3H10N2O/c1-2-3-4-5-6-7-8-9-10-11-12-13-14-15-23(26)25-19-16-22(17-20-25)18-21-27-24;1-4-5-8-17(26)21-11-6-7-14-29-23-13-12-22-18(27)10-9-16(19(28)20-3)24-15(2)25;1-7(16)15-9(11(19)13-2)3-4-10(18)14-6-8(17)5-12;1-7(15)13-8(10(17)11-2)3-4-9(16)12-5-6-14;1-2-3-6-9(12)11-7-4-5-8-13-10;1-5(12)11-6(8(14)10-2)3-4-7(9)13;4-1-3(6)2-5/h22H,2-21,24H2,1H3;13,16H,4-12,14H2,1-3H3,(H,20,28)(H,21,26)(H,22,27)(H,24,25);8-9,17H,3-6,12H2,1-2H3,(H,13,19)(H,14,18)(H,15,16);6,8H,3-5H2,1-2H3,(H,11,17)(H,12,16)(H,13,15);2-8,10H2,1H3,(H,11,12);6H,3-4H2,1-2H3,(H2,9,13)(H,10,14)(H,11,12);3,6H,1-2,4-5H2/b;23-13+;;;;;/t;16-;8?,9-;8-;;6-;/m.000.0./s1. The minimum absolute atomic E-state index is 0.0520. The van der Waals surface area contributed by atoms with Crippen molar-refractivity contribution in [2.24, 2.45) is 45.8 Å². The van der Waals surface area contributed by atoms with Gasteiger partial charge in [-0.2, -0.15) is 0 Å². The summed E-state index contributed by atoms with van der Waals surface area (Å²) < 4.78 is 0. The van der Waals surface area contributed by atoms with Gasteiger partial charge in [-0.1, -0.05) is 116 Å². The topological polar surface area (TPSA) is 669 Å². The molecule has 42 heteroatoms. The van der Waals surface area contributed by atoms with Gasteiger partial charge in [-0.15, -0.1) is 0 Å². The molecule has 1 unspecified atom stereocenters. The predicted octanol–water partition coefficient (Wildman–Crippen LogP) is -0.275. The number of nitrogens with one attached hydrogen (secondary N) is 13. The van der Waals surface area contributed by atoms with E-state index in [1.165, 1.54) is 139 Å². The molecular formula is C83H165N21O21. The van der Waals surface area contributed by atoms with E-state index < -0.39 is 42.3 Å². The minimum Gasteiger partial charge on any atom is -0.396 e. The third-order valence-electron chi connectivity index (χ3n) is 18.3. The van der Waals surface area contributed by atoms with Crippen LogP contribution >= 0.6 is 0 Å². The molecule has 0 radical (unpaired) electrons. The summed E-state index contributed by atoms with van der Waals surface area (Å²) in [6.07, 6.45) is 31.9. The third kappa shape index (κ3) is 90.9. The van der Waals surface area contributed by atoms with Gasteiger partial charge in [0.2, 0.25) is 88.6 Å². The van der Waals surface area contributed by atoms with E-state index in [9.17, 15) is 76.7 Å². The van der Waals surface area contributed by atoms with E-state index in [0.29, 0.717) is 57.3 Å². The summed E-state index contributed by atoms with van der Waals surface area (Å²) in [7, 11) is 5.83. The molecule has 0 aromatic heterocycles. The monoisotopic (exact) mass is 1790 g/mol. The lowest BCUT2D eigenvalue weighted by molar-refractivity contribution is -0.133. The number of nitrogens with zero attached hydrogens (tertiary/aromatic N) is 2. The van der Waals surface area contributed by atoms with Crippen LogP contribution in [0.15, 0.2) is 5.16 Å². The van der Waals surface area contributed by atoms with Crippen molar-refractivity contribution in [1.29, 1.82) is 0 Å². The Morgan fingerprint density at radius 3 is 1.10 bits per heavy atom. The summed E-state index contributed by atoms with van der Waals surface area (Å²) in [6.45, 7) is 17.3. The quantitative estimate of drug-likeness (QED) is 0.0161. The highest BCUT2D eigenvalue weighted by atomic mass is 16.6. The molecule has 1 fully saturated rings. The molecule has 0 aromatic rings. The number of aldehydes is 1. The fourth-order valence-corrected chi connectivity index (χ4v) is 11.1. The SMILES string of the molecule is CCCCC(=O)NCCCCO/N=C/CNC(=O)CC[C@H](NC(C)=O)C(=O)NC.CCCCC(=O)NCCCCON.CCCCCCCCCCCCCCCC(=O)N1CCC(CCON)CC1.CNC(=O)[C@H](CCC(=O)NCC(O)CN)NC(C)=O.CNC(=O)[C@H](CCC(=O)NCC=O)NC(C)=O.CNC(=O)[C@H](CCC(N)=O)NC(C)=O.NCC(O)CN.